The number of piperazine rings is 1. The van der Waals surface area contributed by atoms with Crippen molar-refractivity contribution in [3.8, 4) is 0 Å². The zero-order valence-corrected chi connectivity index (χ0v) is 13.0. The van der Waals surface area contributed by atoms with Crippen LogP contribution in [0.4, 0.5) is 0 Å². The number of fused-ring (bicyclic) bond motifs is 1. The van der Waals surface area contributed by atoms with Crippen LogP contribution in [0.2, 0.25) is 0 Å². The summed E-state index contributed by atoms with van der Waals surface area (Å²) in [6, 6.07) is 0. The van der Waals surface area contributed by atoms with Gasteiger partial charge in [-0.2, -0.15) is 0 Å². The molecule has 9 heteroatoms. The Balaban J connectivity index is 0.00000161. The molecule has 0 spiro atoms. The van der Waals surface area contributed by atoms with Gasteiger partial charge in [-0.25, -0.2) is 8.42 Å². The maximum Gasteiger partial charge on any atom is 0.256 e. The molecule has 1 fully saturated rings. The van der Waals surface area contributed by atoms with Gasteiger partial charge < -0.3 is 15.1 Å². The lowest BCUT2D eigenvalue weighted by Crippen LogP contribution is -2.47. The van der Waals surface area contributed by atoms with E-state index in [4.69, 9.17) is 0 Å². The SMILES string of the molecule is Cl.O=C(C1=CN2CCS(=O)(=O)N=C2C=C1)N1CCNCC1. The van der Waals surface area contributed by atoms with Gasteiger partial charge in [-0.1, -0.05) is 0 Å². The summed E-state index contributed by atoms with van der Waals surface area (Å²) >= 11 is 0. The van der Waals surface area contributed by atoms with Gasteiger partial charge in [-0.15, -0.1) is 16.8 Å². The van der Waals surface area contributed by atoms with Crippen molar-refractivity contribution in [3.63, 3.8) is 0 Å². The number of nitrogens with zero attached hydrogens (tertiary/aromatic N) is 3. The fourth-order valence-corrected chi connectivity index (χ4v) is 3.35. The molecular formula is C12H17ClN4O3S. The lowest BCUT2D eigenvalue weighted by Gasteiger charge is -2.31. The number of hydrogen-bond donors (Lipinski definition) is 1. The molecule has 0 aliphatic carbocycles. The van der Waals surface area contributed by atoms with Crippen molar-refractivity contribution in [2.24, 2.45) is 4.40 Å². The molecule has 0 bridgehead atoms. The minimum absolute atomic E-state index is 0. The second-order valence-electron chi connectivity index (χ2n) is 4.89. The molecule has 1 N–H and O–H groups in total. The normalized spacial score (nSPS) is 23.6. The minimum atomic E-state index is -3.35. The van der Waals surface area contributed by atoms with Crippen molar-refractivity contribution < 1.29 is 13.2 Å². The molecule has 0 aromatic heterocycles. The van der Waals surface area contributed by atoms with E-state index in [-0.39, 0.29) is 24.1 Å². The van der Waals surface area contributed by atoms with Crippen molar-refractivity contribution in [1.29, 1.82) is 0 Å². The third-order valence-corrected chi connectivity index (χ3v) is 4.64. The molecule has 1 amide bonds. The number of amides is 1. The molecule has 3 heterocycles. The Morgan fingerprint density at radius 1 is 1.19 bits per heavy atom. The molecule has 1 saturated heterocycles. The Kier molecular flexibility index (Phi) is 4.70. The van der Waals surface area contributed by atoms with Gasteiger partial charge in [0.05, 0.1) is 11.3 Å². The maximum atomic E-state index is 12.3. The van der Waals surface area contributed by atoms with E-state index in [1.54, 1.807) is 28.2 Å². The smallest absolute Gasteiger partial charge is 0.256 e. The van der Waals surface area contributed by atoms with Crippen LogP contribution in [0.15, 0.2) is 28.3 Å². The predicted octanol–water partition coefficient (Wildman–Crippen LogP) is -0.662. The highest BCUT2D eigenvalue weighted by Crippen LogP contribution is 2.17. The Hall–Kier alpha value is -1.38. The first-order valence-corrected chi connectivity index (χ1v) is 8.15. The monoisotopic (exact) mass is 332 g/mol. The van der Waals surface area contributed by atoms with Crippen LogP contribution >= 0.6 is 12.4 Å². The summed E-state index contributed by atoms with van der Waals surface area (Å²) in [5.74, 6) is 0.346. The van der Waals surface area contributed by atoms with E-state index in [1.165, 1.54) is 0 Å². The quantitative estimate of drug-likeness (QED) is 0.689. The van der Waals surface area contributed by atoms with Gasteiger partial charge in [0.2, 0.25) is 0 Å². The molecule has 0 aromatic carbocycles. The van der Waals surface area contributed by atoms with Crippen molar-refractivity contribution in [1.82, 2.24) is 15.1 Å². The lowest BCUT2D eigenvalue weighted by molar-refractivity contribution is -0.127. The van der Waals surface area contributed by atoms with Crippen molar-refractivity contribution in [3.05, 3.63) is 23.9 Å². The van der Waals surface area contributed by atoms with Crippen LogP contribution in [0.3, 0.4) is 0 Å². The molecule has 3 aliphatic heterocycles. The first-order chi connectivity index (χ1) is 9.55. The van der Waals surface area contributed by atoms with E-state index >= 15 is 0 Å². The highest BCUT2D eigenvalue weighted by Gasteiger charge is 2.26. The Morgan fingerprint density at radius 3 is 2.62 bits per heavy atom. The van der Waals surface area contributed by atoms with Gasteiger partial charge in [0, 0.05) is 38.9 Å². The highest BCUT2D eigenvalue weighted by atomic mass is 35.5. The summed E-state index contributed by atoms with van der Waals surface area (Å²) in [5, 5.41) is 3.20. The molecule has 116 valence electrons. The summed E-state index contributed by atoms with van der Waals surface area (Å²) in [7, 11) is -3.35. The molecular weight excluding hydrogens is 316 g/mol. The van der Waals surface area contributed by atoms with Gasteiger partial charge in [-0.3, -0.25) is 4.79 Å². The molecule has 7 nitrogen and oxygen atoms in total. The zero-order valence-electron chi connectivity index (χ0n) is 11.4. The van der Waals surface area contributed by atoms with Gasteiger partial charge >= 0.3 is 0 Å². The van der Waals surface area contributed by atoms with Crippen LogP contribution in [0.5, 0.6) is 0 Å². The number of nitrogens with one attached hydrogen (secondary N) is 1. The fraction of sp³-hybridized carbons (Fsp3) is 0.500. The summed E-state index contributed by atoms with van der Waals surface area (Å²) in [6.45, 7) is 3.33. The summed E-state index contributed by atoms with van der Waals surface area (Å²) in [4.78, 5) is 15.9. The average molecular weight is 333 g/mol. The molecule has 0 unspecified atom stereocenters. The number of carbonyl (C=O) groups excluding carboxylic acids is 1. The lowest BCUT2D eigenvalue weighted by atomic mass is 10.1. The third-order valence-electron chi connectivity index (χ3n) is 3.48. The molecule has 0 aromatic rings. The van der Waals surface area contributed by atoms with E-state index in [0.29, 0.717) is 31.0 Å². The van der Waals surface area contributed by atoms with E-state index in [1.807, 2.05) is 0 Å². The second-order valence-corrected chi connectivity index (χ2v) is 6.64. The fourth-order valence-electron chi connectivity index (χ4n) is 2.38. The number of hydrogen-bond acceptors (Lipinski definition) is 5. The second kappa shape index (κ2) is 6.17. The first kappa shape index (κ1) is 16.0. The molecule has 21 heavy (non-hydrogen) atoms. The van der Waals surface area contributed by atoms with Crippen LogP contribution in [-0.2, 0) is 14.8 Å². The van der Waals surface area contributed by atoms with E-state index in [0.717, 1.165) is 13.1 Å². The third kappa shape index (κ3) is 3.45. The van der Waals surface area contributed by atoms with E-state index in [2.05, 4.69) is 9.71 Å². The number of rotatable bonds is 1. The Labute approximate surface area is 129 Å². The summed E-state index contributed by atoms with van der Waals surface area (Å²) in [6.07, 6.45) is 4.92. The summed E-state index contributed by atoms with van der Waals surface area (Å²) in [5.41, 5.74) is 0.574. The number of sulfonamides is 1. The van der Waals surface area contributed by atoms with Crippen molar-refractivity contribution in [2.45, 2.75) is 0 Å². The van der Waals surface area contributed by atoms with Gasteiger partial charge in [0.25, 0.3) is 15.9 Å². The van der Waals surface area contributed by atoms with Gasteiger partial charge in [-0.05, 0) is 12.2 Å². The van der Waals surface area contributed by atoms with Gasteiger partial charge in [0.15, 0.2) is 0 Å². The van der Waals surface area contributed by atoms with Crippen LogP contribution in [0.25, 0.3) is 0 Å². The molecule has 0 atom stereocenters. The van der Waals surface area contributed by atoms with E-state index in [9.17, 15) is 13.2 Å². The number of halogens is 1. The first-order valence-electron chi connectivity index (χ1n) is 6.54. The highest BCUT2D eigenvalue weighted by molar-refractivity contribution is 7.90. The largest absolute Gasteiger partial charge is 0.336 e. The molecule has 3 aliphatic rings. The Bertz CT molecular complexity index is 620. The van der Waals surface area contributed by atoms with Gasteiger partial charge in [0.1, 0.15) is 5.84 Å². The van der Waals surface area contributed by atoms with Crippen molar-refractivity contribution in [2.75, 3.05) is 38.5 Å². The zero-order chi connectivity index (χ0) is 14.2. The maximum absolute atomic E-state index is 12.3. The topological polar surface area (TPSA) is 82.1 Å². The number of carbonyl (C=O) groups is 1. The van der Waals surface area contributed by atoms with E-state index < -0.39 is 10.0 Å². The minimum Gasteiger partial charge on any atom is -0.336 e. The molecule has 3 rings (SSSR count). The average Bonchev–Trinajstić information content (AvgIpc) is 2.46. The van der Waals surface area contributed by atoms with Crippen LogP contribution < -0.4 is 5.32 Å². The van der Waals surface area contributed by atoms with Crippen LogP contribution in [0.1, 0.15) is 0 Å². The standard InChI is InChI=1S/C12H16N4O3S.ClH/c17-12(15-5-3-13-4-6-15)10-1-2-11-14-20(18,19)8-7-16(11)9-10;/h1-2,9,13H,3-8H2;1H. The Morgan fingerprint density at radius 2 is 1.90 bits per heavy atom. The molecule has 0 radical (unpaired) electrons. The van der Waals surface area contributed by atoms with Crippen molar-refractivity contribution >= 4 is 34.2 Å². The predicted molar refractivity (Wildman–Crippen MR) is 81.8 cm³/mol. The van der Waals surface area contributed by atoms with Crippen LogP contribution in [0, 0.1) is 0 Å². The number of amidine groups is 1. The summed E-state index contributed by atoms with van der Waals surface area (Å²) < 4.78 is 26.5. The van der Waals surface area contributed by atoms with Crippen LogP contribution in [-0.4, -0.2) is 68.4 Å². The molecule has 0 saturated carbocycles.